The number of nitrogens with two attached hydrogens (primary N) is 1. The van der Waals surface area contributed by atoms with Crippen LogP contribution in [0, 0.1) is 3.57 Å². The lowest BCUT2D eigenvalue weighted by atomic mass is 10.1. The zero-order chi connectivity index (χ0) is 20.8. The molecule has 3 aromatic rings. The zero-order valence-electron chi connectivity index (χ0n) is 15.3. The van der Waals surface area contributed by atoms with Gasteiger partial charge in [0, 0.05) is 33.5 Å². The quantitative estimate of drug-likeness (QED) is 0.450. The SMILES string of the molecule is CS(=O)(=O)NCCn1c(Sc2cc3c(cc2I)CCC3=O)nc2c(N)ncnc21. The predicted molar refractivity (Wildman–Crippen MR) is 119 cm³/mol. The van der Waals surface area contributed by atoms with Gasteiger partial charge >= 0.3 is 0 Å². The van der Waals surface area contributed by atoms with Crippen molar-refractivity contribution in [1.29, 1.82) is 0 Å². The molecular formula is C17H17IN6O3S2. The molecule has 0 radical (unpaired) electrons. The van der Waals surface area contributed by atoms with Gasteiger partial charge in [-0.15, -0.1) is 0 Å². The van der Waals surface area contributed by atoms with Crippen molar-refractivity contribution in [3.05, 3.63) is 33.2 Å². The van der Waals surface area contributed by atoms with E-state index < -0.39 is 10.0 Å². The normalized spacial score (nSPS) is 13.9. The minimum Gasteiger partial charge on any atom is -0.382 e. The van der Waals surface area contributed by atoms with Crippen LogP contribution in [0.2, 0.25) is 0 Å². The maximum atomic E-state index is 12.1. The number of rotatable bonds is 6. The number of halogens is 1. The van der Waals surface area contributed by atoms with Crippen LogP contribution in [0.4, 0.5) is 5.82 Å². The topological polar surface area (TPSA) is 133 Å². The average molecular weight is 544 g/mol. The number of nitrogen functional groups attached to an aromatic ring is 1. The molecule has 0 spiro atoms. The summed E-state index contributed by atoms with van der Waals surface area (Å²) in [5.41, 5.74) is 8.78. The van der Waals surface area contributed by atoms with E-state index in [2.05, 4.69) is 42.3 Å². The van der Waals surface area contributed by atoms with Crippen LogP contribution >= 0.6 is 34.4 Å². The predicted octanol–water partition coefficient (Wildman–Crippen LogP) is 1.84. The molecule has 12 heteroatoms. The van der Waals surface area contributed by atoms with Crippen molar-refractivity contribution >= 4 is 67.1 Å². The van der Waals surface area contributed by atoms with Crippen LogP contribution in [0.3, 0.4) is 0 Å². The molecule has 0 saturated heterocycles. The van der Waals surface area contributed by atoms with E-state index in [1.54, 1.807) is 4.57 Å². The number of hydrogen-bond donors (Lipinski definition) is 2. The number of ketones is 1. The molecule has 2 aromatic heterocycles. The van der Waals surface area contributed by atoms with Gasteiger partial charge in [-0.3, -0.25) is 4.79 Å². The van der Waals surface area contributed by atoms with E-state index in [1.807, 2.05) is 12.1 Å². The Balaban J connectivity index is 1.73. The Kier molecular flexibility index (Phi) is 5.52. The molecule has 4 rings (SSSR count). The van der Waals surface area contributed by atoms with Gasteiger partial charge in [-0.2, -0.15) is 0 Å². The molecule has 3 N–H and O–H groups in total. The van der Waals surface area contributed by atoms with Gasteiger partial charge in [0.05, 0.1) is 6.26 Å². The van der Waals surface area contributed by atoms with Crippen LogP contribution < -0.4 is 10.5 Å². The van der Waals surface area contributed by atoms with Crippen molar-refractivity contribution in [2.24, 2.45) is 0 Å². The number of sulfonamides is 1. The van der Waals surface area contributed by atoms with Crippen molar-refractivity contribution in [3.8, 4) is 0 Å². The first-order valence-corrected chi connectivity index (χ1v) is 12.5. The van der Waals surface area contributed by atoms with E-state index in [4.69, 9.17) is 5.73 Å². The molecule has 0 amide bonds. The molecule has 1 aromatic carbocycles. The van der Waals surface area contributed by atoms with Gasteiger partial charge in [0.2, 0.25) is 10.0 Å². The molecule has 152 valence electrons. The number of nitrogens with zero attached hydrogens (tertiary/aromatic N) is 4. The van der Waals surface area contributed by atoms with Gasteiger partial charge in [-0.1, -0.05) is 11.8 Å². The summed E-state index contributed by atoms with van der Waals surface area (Å²) >= 11 is 3.64. The largest absolute Gasteiger partial charge is 0.382 e. The van der Waals surface area contributed by atoms with E-state index in [0.29, 0.717) is 29.3 Å². The fourth-order valence-corrected chi connectivity index (χ4v) is 5.46. The second-order valence-electron chi connectivity index (χ2n) is 6.61. The number of hydrogen-bond acceptors (Lipinski definition) is 8. The fraction of sp³-hybridized carbons (Fsp3) is 0.294. The first-order chi connectivity index (χ1) is 13.7. The Morgan fingerprint density at radius 3 is 2.86 bits per heavy atom. The van der Waals surface area contributed by atoms with Gasteiger partial charge in [0.25, 0.3) is 0 Å². The highest BCUT2D eigenvalue weighted by atomic mass is 127. The molecule has 1 aliphatic rings. The highest BCUT2D eigenvalue weighted by molar-refractivity contribution is 14.1. The highest BCUT2D eigenvalue weighted by Gasteiger charge is 2.23. The Hall–Kier alpha value is -1.77. The summed E-state index contributed by atoms with van der Waals surface area (Å²) in [5.74, 6) is 0.407. The number of imidazole rings is 1. The van der Waals surface area contributed by atoms with Crippen molar-refractivity contribution in [3.63, 3.8) is 0 Å². The molecule has 0 aliphatic heterocycles. The van der Waals surface area contributed by atoms with E-state index in [-0.39, 0.29) is 18.1 Å². The van der Waals surface area contributed by atoms with E-state index >= 15 is 0 Å². The Morgan fingerprint density at radius 2 is 2.10 bits per heavy atom. The lowest BCUT2D eigenvalue weighted by Crippen LogP contribution is -2.26. The van der Waals surface area contributed by atoms with Gasteiger partial charge in [0.1, 0.15) is 6.33 Å². The molecule has 0 bridgehead atoms. The Morgan fingerprint density at radius 1 is 1.31 bits per heavy atom. The van der Waals surface area contributed by atoms with Crippen LogP contribution in [0.1, 0.15) is 22.3 Å². The fourth-order valence-electron chi connectivity index (χ4n) is 3.18. The number of fused-ring (bicyclic) bond motifs is 2. The first-order valence-electron chi connectivity index (χ1n) is 8.68. The van der Waals surface area contributed by atoms with Crippen molar-refractivity contribution in [2.45, 2.75) is 29.4 Å². The maximum absolute atomic E-state index is 12.1. The lowest BCUT2D eigenvalue weighted by molar-refractivity contribution is 0.0994. The number of carbonyl (C=O) groups excluding carboxylic acids is 1. The van der Waals surface area contributed by atoms with E-state index in [9.17, 15) is 13.2 Å². The number of Topliss-reactive ketones (excluding diaryl/α,β-unsaturated/α-hetero) is 1. The number of nitrogens with one attached hydrogen (secondary N) is 1. The molecular weight excluding hydrogens is 527 g/mol. The third-order valence-electron chi connectivity index (χ3n) is 4.51. The molecule has 0 atom stereocenters. The van der Waals surface area contributed by atoms with Crippen molar-refractivity contribution in [1.82, 2.24) is 24.2 Å². The summed E-state index contributed by atoms with van der Waals surface area (Å²) in [5, 5.41) is 0.603. The van der Waals surface area contributed by atoms with Crippen LogP contribution in [0.25, 0.3) is 11.2 Å². The third-order valence-corrected chi connectivity index (χ3v) is 7.54. The van der Waals surface area contributed by atoms with Crippen LogP contribution in [-0.4, -0.2) is 46.5 Å². The summed E-state index contributed by atoms with van der Waals surface area (Å²) in [7, 11) is -3.32. The maximum Gasteiger partial charge on any atom is 0.208 e. The molecule has 2 heterocycles. The van der Waals surface area contributed by atoms with Gasteiger partial charge in [-0.25, -0.2) is 28.1 Å². The second-order valence-corrected chi connectivity index (χ2v) is 10.6. The number of benzene rings is 1. The smallest absolute Gasteiger partial charge is 0.208 e. The monoisotopic (exact) mass is 544 g/mol. The minimum absolute atomic E-state index is 0.152. The van der Waals surface area contributed by atoms with E-state index in [0.717, 1.165) is 32.3 Å². The molecule has 0 unspecified atom stereocenters. The Bertz CT molecular complexity index is 1240. The highest BCUT2D eigenvalue weighted by Crippen LogP contribution is 2.36. The summed E-state index contributed by atoms with van der Waals surface area (Å²) < 4.78 is 28.1. The lowest BCUT2D eigenvalue weighted by Gasteiger charge is -2.10. The number of aryl methyl sites for hydroxylation is 1. The first kappa shape index (κ1) is 20.5. The van der Waals surface area contributed by atoms with Gasteiger partial charge in [-0.05, 0) is 46.7 Å². The van der Waals surface area contributed by atoms with Crippen LogP contribution in [0.15, 0.2) is 28.5 Å². The minimum atomic E-state index is -3.32. The molecule has 29 heavy (non-hydrogen) atoms. The standard InChI is InChI=1S/C17H17IN6O3S2/c1-29(26,27)22-4-5-24-16-14(15(19)20-8-21-16)23-17(24)28-13-7-10-9(6-11(13)18)2-3-12(10)25/h6-8,22H,2-5H2,1H3,(H2,19,20,21). The summed E-state index contributed by atoms with van der Waals surface area (Å²) in [6, 6.07) is 3.94. The zero-order valence-corrected chi connectivity index (χ0v) is 19.1. The van der Waals surface area contributed by atoms with Crippen LogP contribution in [0.5, 0.6) is 0 Å². The molecule has 0 saturated carbocycles. The van der Waals surface area contributed by atoms with Crippen LogP contribution in [-0.2, 0) is 23.0 Å². The molecule has 1 aliphatic carbocycles. The number of anilines is 1. The number of carbonyl (C=O) groups is 1. The Labute approximate surface area is 185 Å². The summed E-state index contributed by atoms with van der Waals surface area (Å²) in [4.78, 5) is 25.9. The third kappa shape index (κ3) is 4.25. The van der Waals surface area contributed by atoms with Crippen molar-refractivity contribution in [2.75, 3.05) is 18.5 Å². The molecule has 0 fully saturated rings. The average Bonchev–Trinajstić information content (AvgIpc) is 3.17. The van der Waals surface area contributed by atoms with Crippen molar-refractivity contribution < 1.29 is 13.2 Å². The number of aromatic nitrogens is 4. The van der Waals surface area contributed by atoms with Gasteiger partial charge in [0.15, 0.2) is 27.9 Å². The van der Waals surface area contributed by atoms with Gasteiger partial charge < -0.3 is 10.3 Å². The van der Waals surface area contributed by atoms with E-state index in [1.165, 1.54) is 18.1 Å². The second kappa shape index (κ2) is 7.81. The summed E-state index contributed by atoms with van der Waals surface area (Å²) in [6.07, 6.45) is 3.78. The molecule has 9 nitrogen and oxygen atoms in total. The summed E-state index contributed by atoms with van der Waals surface area (Å²) in [6.45, 7) is 0.504.